The number of nitrogens with zero attached hydrogens (tertiary/aromatic N) is 4. The van der Waals surface area contributed by atoms with Crippen molar-refractivity contribution in [1.29, 1.82) is 0 Å². The Hall–Kier alpha value is -12.1. The molecule has 0 aliphatic heterocycles. The van der Waals surface area contributed by atoms with Crippen LogP contribution in [-0.2, 0) is 6.54 Å². The molecule has 0 amide bonds. The molecule has 1 heterocycles. The maximum Gasteiger partial charge on any atom is 0.488 e. The smallest absolute Gasteiger partial charge is 0.423 e. The number of halogens is 2. The molecule has 4 fully saturated rings. The minimum absolute atomic E-state index is 0. The number of aromatic nitrogens is 2. The Morgan fingerprint density at radius 1 is 0.414 bits per heavy atom. The maximum absolute atomic E-state index is 13.1. The first kappa shape index (κ1) is 89.4. The number of para-hydroxylation sites is 4. The average Bonchev–Trinajstić information content (AvgIpc) is 1.65. The molecule has 0 unspecified atom stereocenters. The number of nitrogens with one attached hydrogen (secondary N) is 7. The summed E-state index contributed by atoms with van der Waals surface area (Å²) in [6.45, 7) is 3.60. The van der Waals surface area contributed by atoms with Crippen molar-refractivity contribution in [3.05, 3.63) is 295 Å². The maximum atomic E-state index is 13.1. The van der Waals surface area contributed by atoms with Gasteiger partial charge in [-0.2, -0.15) is 8.78 Å². The second-order valence-electron chi connectivity index (χ2n) is 29.2. The number of nitro benzene ring substituents is 3. The van der Waals surface area contributed by atoms with Crippen LogP contribution in [-0.4, -0.2) is 61.1 Å². The standard InChI is InChI=1S/C20H23N3O.C19H23N3O2.C19H25N3.C12H9FN2O2.C7H15N.C6H7BO2.C6H5FN2O2.CH4/c24-20-22-18-13-17(21-16-9-5-2-6-10-16)11-12-19(18)23(20)14-15-7-3-1-4-8-15;23-22(24)19-13-17(21-16-9-5-2-6-10-16)11-12-18(19)20-14-15-7-3-1-4-8-15;20-18-13-17(22-16-9-5-2-6-10-16)11-12-19(18)21-14-15-7-3-1-4-8-15;13-11-7-6-10(8-12(11)15(16)17)14-9-4-2-1-3-5-9;8-6-7-4-2-1-3-5-7;8-7(9)6-4-2-1-3-5-6;7-5-2-1-4(8)3-6(5)9(10)11;/h2,5-6,9-13,15,21H,1,3-4,7-8,14H2,(H,22,24);2,5-6,9-13,15,20-21H,1,3-4,7-8,14H2;2,5-6,9-13,15,21-22H,1,3-4,7-8,14,20H2;1-8,14H;7H,1-6,8H2;1-5,8-9H;1-3H,8H2;1H4. The Labute approximate surface area is 678 Å². The number of nitrogen functional groups attached to an aromatic ring is 2. The molecule has 26 heteroatoms. The van der Waals surface area contributed by atoms with E-state index in [0.29, 0.717) is 28.7 Å². The zero-order chi connectivity index (χ0) is 81.5. The predicted octanol–water partition coefficient (Wildman–Crippen LogP) is 21.3. The number of H-pyrrole nitrogens is 1. The lowest BCUT2D eigenvalue weighted by Crippen LogP contribution is -2.29. The van der Waals surface area contributed by atoms with Crippen LogP contribution >= 0.6 is 0 Å². The zero-order valence-electron chi connectivity index (χ0n) is 65.0. The number of rotatable bonds is 21. The molecule has 0 atom stereocenters. The second-order valence-corrected chi connectivity index (χ2v) is 29.2. The molecule has 23 nitrogen and oxygen atoms in total. The van der Waals surface area contributed by atoms with Crippen LogP contribution in [0.4, 0.5) is 94.1 Å². The van der Waals surface area contributed by atoms with Crippen molar-refractivity contribution < 1.29 is 33.6 Å². The van der Waals surface area contributed by atoms with Gasteiger partial charge in [-0.1, -0.05) is 188 Å². The Balaban J connectivity index is 0.000000174. The van der Waals surface area contributed by atoms with E-state index in [9.17, 15) is 43.9 Å². The molecule has 0 spiro atoms. The van der Waals surface area contributed by atoms with E-state index in [1.165, 1.54) is 147 Å². The third-order valence-corrected chi connectivity index (χ3v) is 20.5. The van der Waals surface area contributed by atoms with E-state index in [1.807, 2.05) is 162 Å². The molecule has 15 N–H and O–H groups in total. The van der Waals surface area contributed by atoms with Crippen molar-refractivity contribution in [3.63, 3.8) is 0 Å². The number of nitro groups is 3. The lowest BCUT2D eigenvalue weighted by atomic mass is 9.81. The van der Waals surface area contributed by atoms with Crippen LogP contribution in [0.25, 0.3) is 11.0 Å². The molecule has 4 aliphatic rings. The third-order valence-electron chi connectivity index (χ3n) is 20.5. The third kappa shape index (κ3) is 30.3. The summed E-state index contributed by atoms with van der Waals surface area (Å²) in [5.41, 5.74) is 28.0. The van der Waals surface area contributed by atoms with Gasteiger partial charge in [0.1, 0.15) is 5.69 Å². The Morgan fingerprint density at radius 3 is 1.16 bits per heavy atom. The minimum atomic E-state index is -1.34. The molecule has 11 aromatic rings. The van der Waals surface area contributed by atoms with Crippen molar-refractivity contribution in [2.24, 2.45) is 29.4 Å². The van der Waals surface area contributed by atoms with Gasteiger partial charge in [0.2, 0.25) is 11.6 Å². The average molecular weight is 1580 g/mol. The van der Waals surface area contributed by atoms with E-state index < -0.39 is 40.0 Å². The Kier molecular flexibility index (Phi) is 37.1. The van der Waals surface area contributed by atoms with Gasteiger partial charge in [-0.25, -0.2) is 4.79 Å². The van der Waals surface area contributed by atoms with Gasteiger partial charge in [-0.3, -0.25) is 34.9 Å². The number of benzene rings is 10. The predicted molar refractivity (Wildman–Crippen MR) is 471 cm³/mol. The van der Waals surface area contributed by atoms with Crippen LogP contribution in [0.1, 0.15) is 136 Å². The number of imidazole rings is 1. The van der Waals surface area contributed by atoms with Gasteiger partial charge in [0, 0.05) is 89.0 Å². The lowest BCUT2D eigenvalue weighted by Gasteiger charge is -2.22. The molecule has 1 aromatic heterocycles. The molecule has 4 aliphatic carbocycles. The van der Waals surface area contributed by atoms with Crippen molar-refractivity contribution in [2.75, 3.05) is 63.0 Å². The van der Waals surface area contributed by atoms with Crippen molar-refractivity contribution in [3.8, 4) is 0 Å². The number of hydrogen-bond acceptors (Lipinski definition) is 18. The zero-order valence-corrected chi connectivity index (χ0v) is 65.0. The first-order valence-corrected chi connectivity index (χ1v) is 39.8. The normalized spacial score (nSPS) is 14.0. The van der Waals surface area contributed by atoms with Gasteiger partial charge in [-0.05, 0) is 208 Å². The molecule has 116 heavy (non-hydrogen) atoms. The van der Waals surface area contributed by atoms with Gasteiger partial charge in [0.25, 0.3) is 5.69 Å². The van der Waals surface area contributed by atoms with Gasteiger partial charge >= 0.3 is 24.2 Å². The van der Waals surface area contributed by atoms with Gasteiger partial charge in [0.15, 0.2) is 0 Å². The molecule has 0 bridgehead atoms. The highest BCUT2D eigenvalue weighted by molar-refractivity contribution is 6.58. The number of nitrogens with two attached hydrogens (primary N) is 3. The van der Waals surface area contributed by atoms with Crippen LogP contribution in [0.3, 0.4) is 0 Å². The molecule has 0 radical (unpaired) electrons. The number of anilines is 12. The molecular formula is C90H111BF2N14O9. The quantitative estimate of drug-likeness (QED) is 0.0138. The van der Waals surface area contributed by atoms with Crippen molar-refractivity contribution in [2.45, 2.75) is 142 Å². The molecular weight excluding hydrogens is 1470 g/mol. The fourth-order valence-corrected chi connectivity index (χ4v) is 14.3. The highest BCUT2D eigenvalue weighted by Crippen LogP contribution is 2.34. The Bertz CT molecular complexity index is 4800. The van der Waals surface area contributed by atoms with Crippen LogP contribution in [0, 0.1) is 65.6 Å². The first-order chi connectivity index (χ1) is 55.8. The van der Waals surface area contributed by atoms with Crippen LogP contribution in [0.2, 0.25) is 0 Å². The van der Waals surface area contributed by atoms with Crippen LogP contribution in [0.15, 0.2) is 247 Å². The first-order valence-electron chi connectivity index (χ1n) is 39.8. The summed E-state index contributed by atoms with van der Waals surface area (Å²) in [6.07, 6.45) is 26.6. The topological polar surface area (TPSA) is 358 Å². The fraction of sp³-hybridized carbons (Fsp3) is 0.322. The molecule has 4 saturated carbocycles. The minimum Gasteiger partial charge on any atom is -0.423 e. The van der Waals surface area contributed by atoms with Gasteiger partial charge in [0.05, 0.1) is 37.2 Å². The van der Waals surface area contributed by atoms with Crippen LogP contribution < -0.4 is 60.3 Å². The monoisotopic (exact) mass is 1580 g/mol. The summed E-state index contributed by atoms with van der Waals surface area (Å²) < 4.78 is 27.5. The number of hydrogen-bond donors (Lipinski definition) is 12. The summed E-state index contributed by atoms with van der Waals surface area (Å²) in [5.74, 6) is 1.22. The molecule has 612 valence electrons. The molecule has 10 aromatic carbocycles. The van der Waals surface area contributed by atoms with Crippen molar-refractivity contribution >= 4 is 109 Å². The lowest BCUT2D eigenvalue weighted by molar-refractivity contribution is -0.387. The Morgan fingerprint density at radius 2 is 0.767 bits per heavy atom. The molecule has 15 rings (SSSR count). The van der Waals surface area contributed by atoms with E-state index in [-0.39, 0.29) is 29.4 Å². The SMILES string of the molecule is C.NCC1CCCCC1.Nc1cc(Nc2ccccc2)ccc1NCC1CCCCC1.Nc1ccc(F)c([N+](=O)[O-])c1.O=[N+]([O-])c1cc(Nc2ccccc2)ccc1F.O=[N+]([O-])c1cc(Nc2ccccc2)ccc1NCC1CCCCC1.O=c1[nH]c2cc(Nc3ccccc3)ccc2n1CC1CCCCC1.OB(O)c1ccccc1. The van der Waals surface area contributed by atoms with E-state index >= 15 is 0 Å². The summed E-state index contributed by atoms with van der Waals surface area (Å²) in [6, 6.07) is 72.1. The van der Waals surface area contributed by atoms with Gasteiger partial charge < -0.3 is 64.1 Å². The summed E-state index contributed by atoms with van der Waals surface area (Å²) >= 11 is 0. The highest BCUT2D eigenvalue weighted by Gasteiger charge is 2.22. The van der Waals surface area contributed by atoms with Crippen molar-refractivity contribution in [1.82, 2.24) is 9.55 Å². The summed E-state index contributed by atoms with van der Waals surface area (Å²) in [4.78, 5) is 45.6. The highest BCUT2D eigenvalue weighted by atomic mass is 19.1. The van der Waals surface area contributed by atoms with E-state index in [4.69, 9.17) is 27.2 Å². The molecule has 0 saturated heterocycles. The number of aromatic amines is 1. The van der Waals surface area contributed by atoms with E-state index in [1.54, 1.807) is 36.4 Å². The number of fused-ring (bicyclic) bond motifs is 1. The second kappa shape index (κ2) is 48.2. The van der Waals surface area contributed by atoms with E-state index in [2.05, 4.69) is 49.0 Å². The van der Waals surface area contributed by atoms with Crippen LogP contribution in [0.5, 0.6) is 0 Å². The van der Waals surface area contributed by atoms with Gasteiger partial charge in [-0.15, -0.1) is 0 Å². The van der Waals surface area contributed by atoms with E-state index in [0.717, 1.165) is 118 Å². The fourth-order valence-electron chi connectivity index (χ4n) is 14.3. The summed E-state index contributed by atoms with van der Waals surface area (Å²) in [7, 11) is -1.34. The summed E-state index contributed by atoms with van der Waals surface area (Å²) in [5, 5.41) is 68.9. The largest absolute Gasteiger partial charge is 0.488 e.